The highest BCUT2D eigenvalue weighted by Crippen LogP contribution is 2.29. The third-order valence-electron chi connectivity index (χ3n) is 2.43. The summed E-state index contributed by atoms with van der Waals surface area (Å²) in [6.07, 6.45) is -3.13. The first-order chi connectivity index (χ1) is 8.43. The van der Waals surface area contributed by atoms with Crippen molar-refractivity contribution in [1.29, 1.82) is 0 Å². The minimum Gasteiger partial charge on any atom is -0.326 e. The van der Waals surface area contributed by atoms with Gasteiger partial charge < -0.3 is 5.73 Å². The molecule has 0 fully saturated rings. The Balaban J connectivity index is 2.53. The molecule has 0 saturated carbocycles. The van der Waals surface area contributed by atoms with Gasteiger partial charge in [-0.1, -0.05) is 12.1 Å². The third kappa shape index (κ3) is 2.21. The Bertz CT molecular complexity index is 560. The van der Waals surface area contributed by atoms with Crippen molar-refractivity contribution in [1.82, 2.24) is 9.78 Å². The van der Waals surface area contributed by atoms with E-state index in [4.69, 9.17) is 5.73 Å². The van der Waals surface area contributed by atoms with Crippen LogP contribution in [0.15, 0.2) is 30.6 Å². The highest BCUT2D eigenvalue weighted by Gasteiger charge is 2.32. The van der Waals surface area contributed by atoms with E-state index in [1.807, 2.05) is 0 Å². The van der Waals surface area contributed by atoms with Gasteiger partial charge in [-0.15, -0.1) is 0 Å². The summed E-state index contributed by atoms with van der Waals surface area (Å²) < 4.78 is 51.8. The Morgan fingerprint density at radius 2 is 2.00 bits per heavy atom. The molecule has 0 aliphatic carbocycles. The average molecular weight is 259 g/mol. The maximum Gasteiger partial charge on any atom is 0.419 e. The first kappa shape index (κ1) is 12.6. The summed E-state index contributed by atoms with van der Waals surface area (Å²) in [5, 5.41) is 3.52. The summed E-state index contributed by atoms with van der Waals surface area (Å²) in [4.78, 5) is 0. The lowest BCUT2D eigenvalue weighted by Crippen LogP contribution is -2.08. The van der Waals surface area contributed by atoms with Crippen LogP contribution in [0.3, 0.4) is 0 Å². The van der Waals surface area contributed by atoms with Crippen LogP contribution in [0.1, 0.15) is 11.1 Å². The molecular formula is C11H9F4N3. The number of halogens is 4. The number of hydrogen-bond acceptors (Lipinski definition) is 2. The van der Waals surface area contributed by atoms with Crippen molar-refractivity contribution in [2.24, 2.45) is 5.73 Å². The lowest BCUT2D eigenvalue weighted by atomic mass is 10.1. The first-order valence-corrected chi connectivity index (χ1v) is 5.03. The van der Waals surface area contributed by atoms with E-state index in [1.54, 1.807) is 0 Å². The van der Waals surface area contributed by atoms with Crippen molar-refractivity contribution in [3.8, 4) is 5.69 Å². The van der Waals surface area contributed by atoms with E-state index >= 15 is 0 Å². The van der Waals surface area contributed by atoms with Gasteiger partial charge in [0.05, 0.1) is 11.8 Å². The molecule has 2 rings (SSSR count). The molecule has 1 aromatic heterocycles. The van der Waals surface area contributed by atoms with Gasteiger partial charge in [-0.2, -0.15) is 18.3 Å². The van der Waals surface area contributed by atoms with Gasteiger partial charge in [-0.3, -0.25) is 0 Å². The molecule has 2 aromatic rings. The van der Waals surface area contributed by atoms with Crippen LogP contribution in [-0.2, 0) is 12.7 Å². The van der Waals surface area contributed by atoms with Crippen molar-refractivity contribution < 1.29 is 17.6 Å². The molecule has 0 bridgehead atoms. The number of hydrogen-bond donors (Lipinski definition) is 1. The minimum atomic E-state index is -4.51. The number of nitrogens with zero attached hydrogens (tertiary/aromatic N) is 2. The monoisotopic (exact) mass is 259 g/mol. The van der Waals surface area contributed by atoms with Crippen LogP contribution in [0, 0.1) is 5.82 Å². The summed E-state index contributed by atoms with van der Waals surface area (Å²) in [6.45, 7) is 0.00824. The smallest absolute Gasteiger partial charge is 0.326 e. The fraction of sp³-hybridized carbons (Fsp3) is 0.182. The van der Waals surface area contributed by atoms with Crippen LogP contribution in [0.4, 0.5) is 17.6 Å². The SMILES string of the molecule is NCc1cccc(F)c1-n1cc(C(F)(F)F)cn1. The standard InChI is InChI=1S/C11H9F4N3/c12-9-3-1-2-7(4-16)10(9)18-6-8(5-17-18)11(13,14)15/h1-3,5-6H,4,16H2. The second-order valence-electron chi connectivity index (χ2n) is 3.62. The van der Waals surface area contributed by atoms with Gasteiger partial charge >= 0.3 is 6.18 Å². The topological polar surface area (TPSA) is 43.8 Å². The van der Waals surface area contributed by atoms with Crippen molar-refractivity contribution in [2.45, 2.75) is 12.7 Å². The predicted octanol–water partition coefficient (Wildman–Crippen LogP) is 2.49. The summed E-state index contributed by atoms with van der Waals surface area (Å²) >= 11 is 0. The molecule has 0 aliphatic heterocycles. The normalized spacial score (nSPS) is 11.8. The predicted molar refractivity (Wildman–Crippen MR) is 56.4 cm³/mol. The molecule has 0 amide bonds. The number of nitrogens with two attached hydrogens (primary N) is 1. The van der Waals surface area contributed by atoms with E-state index in [2.05, 4.69) is 5.10 Å². The Morgan fingerprint density at radius 3 is 2.56 bits per heavy atom. The first-order valence-electron chi connectivity index (χ1n) is 5.03. The number of rotatable bonds is 2. The highest BCUT2D eigenvalue weighted by molar-refractivity contribution is 5.42. The zero-order chi connectivity index (χ0) is 13.3. The number of alkyl halides is 3. The van der Waals surface area contributed by atoms with Gasteiger partial charge in [0.15, 0.2) is 0 Å². The van der Waals surface area contributed by atoms with Crippen LogP contribution in [0.2, 0.25) is 0 Å². The van der Waals surface area contributed by atoms with E-state index in [1.165, 1.54) is 12.1 Å². The Kier molecular flexibility index (Phi) is 3.08. The lowest BCUT2D eigenvalue weighted by Gasteiger charge is -2.08. The Labute approximate surface area is 99.8 Å². The van der Waals surface area contributed by atoms with Crippen LogP contribution >= 0.6 is 0 Å². The number of benzene rings is 1. The average Bonchev–Trinajstić information content (AvgIpc) is 2.77. The van der Waals surface area contributed by atoms with Crippen molar-refractivity contribution >= 4 is 0 Å². The summed E-state index contributed by atoms with van der Waals surface area (Å²) in [6, 6.07) is 4.12. The summed E-state index contributed by atoms with van der Waals surface area (Å²) in [5.74, 6) is -0.672. The second-order valence-corrected chi connectivity index (χ2v) is 3.62. The maximum atomic E-state index is 13.6. The van der Waals surface area contributed by atoms with Gasteiger partial charge in [0.2, 0.25) is 0 Å². The number of para-hydroxylation sites is 1. The van der Waals surface area contributed by atoms with Gasteiger partial charge in [-0.05, 0) is 11.6 Å². The highest BCUT2D eigenvalue weighted by atomic mass is 19.4. The molecule has 3 nitrogen and oxygen atoms in total. The molecule has 1 heterocycles. The molecule has 96 valence electrons. The fourth-order valence-electron chi connectivity index (χ4n) is 1.57. The van der Waals surface area contributed by atoms with E-state index in [9.17, 15) is 17.6 Å². The molecule has 1 aromatic carbocycles. The maximum absolute atomic E-state index is 13.6. The molecule has 0 radical (unpaired) electrons. The van der Waals surface area contributed by atoms with Crippen molar-refractivity contribution in [3.63, 3.8) is 0 Å². The second kappa shape index (κ2) is 4.41. The largest absolute Gasteiger partial charge is 0.419 e. The molecule has 0 atom stereocenters. The van der Waals surface area contributed by atoms with E-state index in [0.29, 0.717) is 11.8 Å². The Hall–Kier alpha value is -1.89. The van der Waals surface area contributed by atoms with Crippen molar-refractivity contribution in [2.75, 3.05) is 0 Å². The van der Waals surface area contributed by atoms with Crippen LogP contribution in [0.25, 0.3) is 5.69 Å². The van der Waals surface area contributed by atoms with Crippen molar-refractivity contribution in [3.05, 3.63) is 47.5 Å². The van der Waals surface area contributed by atoms with Gasteiger partial charge in [-0.25, -0.2) is 9.07 Å². The molecular weight excluding hydrogens is 250 g/mol. The van der Waals surface area contributed by atoms with Crippen LogP contribution < -0.4 is 5.73 Å². The zero-order valence-electron chi connectivity index (χ0n) is 9.08. The van der Waals surface area contributed by atoms with Gasteiger partial charge in [0.1, 0.15) is 11.5 Å². The fourth-order valence-corrected chi connectivity index (χ4v) is 1.57. The Morgan fingerprint density at radius 1 is 1.28 bits per heavy atom. The van der Waals surface area contributed by atoms with Crippen LogP contribution in [-0.4, -0.2) is 9.78 Å². The van der Waals surface area contributed by atoms with Gasteiger partial charge in [0.25, 0.3) is 0 Å². The molecule has 0 unspecified atom stereocenters. The quantitative estimate of drug-likeness (QED) is 0.842. The van der Waals surface area contributed by atoms with E-state index in [0.717, 1.165) is 16.9 Å². The molecule has 18 heavy (non-hydrogen) atoms. The van der Waals surface area contributed by atoms with E-state index < -0.39 is 17.6 Å². The lowest BCUT2D eigenvalue weighted by molar-refractivity contribution is -0.137. The number of aromatic nitrogens is 2. The summed E-state index contributed by atoms with van der Waals surface area (Å²) in [7, 11) is 0. The molecule has 0 spiro atoms. The molecule has 0 saturated heterocycles. The van der Waals surface area contributed by atoms with Gasteiger partial charge in [0, 0.05) is 12.7 Å². The third-order valence-corrected chi connectivity index (χ3v) is 2.43. The zero-order valence-corrected chi connectivity index (χ0v) is 9.08. The van der Waals surface area contributed by atoms with E-state index in [-0.39, 0.29) is 12.2 Å². The summed E-state index contributed by atoms with van der Waals surface area (Å²) in [5.41, 5.74) is 4.80. The minimum absolute atomic E-state index is 0.00824. The molecule has 2 N–H and O–H groups in total. The van der Waals surface area contributed by atoms with Crippen LogP contribution in [0.5, 0.6) is 0 Å². The molecule has 0 aliphatic rings. The molecule has 7 heteroatoms.